The van der Waals surface area contributed by atoms with Gasteiger partial charge in [-0.15, -0.1) is 5.10 Å². The zero-order valence-electron chi connectivity index (χ0n) is 14.4. The molecule has 2 aromatic rings. The maximum absolute atomic E-state index is 4.54. The number of para-hydroxylation sites is 1. The molecule has 0 radical (unpaired) electrons. The molecule has 2 fully saturated rings. The molecule has 6 heteroatoms. The number of hydrogen-bond acceptors (Lipinski definition) is 5. The number of aromatic nitrogens is 4. The molecule has 24 heavy (non-hydrogen) atoms. The first-order valence-corrected chi connectivity index (χ1v) is 9.12. The molecule has 6 nitrogen and oxygen atoms in total. The van der Waals surface area contributed by atoms with Crippen LogP contribution in [0.2, 0.25) is 0 Å². The Morgan fingerprint density at radius 1 is 1.04 bits per heavy atom. The molecule has 0 atom stereocenters. The third kappa shape index (κ3) is 2.63. The van der Waals surface area contributed by atoms with Crippen molar-refractivity contribution < 1.29 is 0 Å². The van der Waals surface area contributed by atoms with Gasteiger partial charge in [-0.1, -0.05) is 37.5 Å². The number of aryl methyl sites for hydroxylation is 1. The van der Waals surface area contributed by atoms with Crippen molar-refractivity contribution in [2.45, 2.75) is 44.6 Å². The number of rotatable bonds is 3. The number of piperazine rings is 1. The highest BCUT2D eigenvalue weighted by Gasteiger charge is 2.44. The lowest BCUT2D eigenvalue weighted by Gasteiger charge is -2.47. The van der Waals surface area contributed by atoms with Crippen LogP contribution in [0.4, 0.5) is 0 Å². The lowest BCUT2D eigenvalue weighted by atomic mass is 9.79. The van der Waals surface area contributed by atoms with Crippen molar-refractivity contribution in [3.05, 3.63) is 35.7 Å². The predicted octanol–water partition coefficient (Wildman–Crippen LogP) is 2.04. The highest BCUT2D eigenvalue weighted by molar-refractivity contribution is 5.40. The van der Waals surface area contributed by atoms with E-state index in [2.05, 4.69) is 56.9 Å². The summed E-state index contributed by atoms with van der Waals surface area (Å²) in [4.78, 5) is 2.63. The van der Waals surface area contributed by atoms with E-state index >= 15 is 0 Å². The van der Waals surface area contributed by atoms with Crippen LogP contribution in [0.3, 0.4) is 0 Å². The maximum atomic E-state index is 4.54. The molecule has 0 bridgehead atoms. The SMILES string of the molecule is Cc1ccccc1-n1nnnc1C1(N2CCNCC2)CCCCC1. The van der Waals surface area contributed by atoms with Crippen LogP contribution in [-0.4, -0.2) is 51.3 Å². The fraction of sp³-hybridized carbons (Fsp3) is 0.611. The summed E-state index contributed by atoms with van der Waals surface area (Å²) in [5.41, 5.74) is 2.28. The summed E-state index contributed by atoms with van der Waals surface area (Å²) >= 11 is 0. The van der Waals surface area contributed by atoms with E-state index in [4.69, 9.17) is 0 Å². The van der Waals surface area contributed by atoms with Gasteiger partial charge in [-0.3, -0.25) is 4.90 Å². The van der Waals surface area contributed by atoms with Gasteiger partial charge in [0.1, 0.15) is 0 Å². The fourth-order valence-electron chi connectivity index (χ4n) is 4.35. The molecule has 1 aromatic heterocycles. The first-order valence-electron chi connectivity index (χ1n) is 9.12. The summed E-state index contributed by atoms with van der Waals surface area (Å²) < 4.78 is 1.99. The van der Waals surface area contributed by atoms with Crippen LogP contribution in [0.25, 0.3) is 5.69 Å². The van der Waals surface area contributed by atoms with Gasteiger partial charge in [-0.2, -0.15) is 4.68 Å². The van der Waals surface area contributed by atoms with E-state index in [9.17, 15) is 0 Å². The second-order valence-electron chi connectivity index (χ2n) is 7.03. The number of tetrazole rings is 1. The lowest BCUT2D eigenvalue weighted by molar-refractivity contribution is 0.0269. The predicted molar refractivity (Wildman–Crippen MR) is 93.1 cm³/mol. The Morgan fingerprint density at radius 3 is 2.54 bits per heavy atom. The molecule has 4 rings (SSSR count). The van der Waals surface area contributed by atoms with Gasteiger partial charge in [-0.05, 0) is 41.8 Å². The van der Waals surface area contributed by atoms with Gasteiger partial charge >= 0.3 is 0 Å². The Balaban J connectivity index is 1.79. The fourth-order valence-corrected chi connectivity index (χ4v) is 4.35. The Labute approximate surface area is 143 Å². The molecule has 2 aliphatic rings. The van der Waals surface area contributed by atoms with Gasteiger partial charge in [0.05, 0.1) is 11.2 Å². The molecule has 1 saturated heterocycles. The van der Waals surface area contributed by atoms with E-state index in [1.807, 2.05) is 4.68 Å². The molecular formula is C18H26N6. The van der Waals surface area contributed by atoms with Crippen LogP contribution >= 0.6 is 0 Å². The number of benzene rings is 1. The Kier molecular flexibility index (Phi) is 4.33. The quantitative estimate of drug-likeness (QED) is 0.935. The Bertz CT molecular complexity index is 682. The summed E-state index contributed by atoms with van der Waals surface area (Å²) in [6.07, 6.45) is 6.13. The van der Waals surface area contributed by atoms with Crippen molar-refractivity contribution in [1.29, 1.82) is 0 Å². The second-order valence-corrected chi connectivity index (χ2v) is 7.03. The molecule has 0 amide bonds. The third-order valence-electron chi connectivity index (χ3n) is 5.63. The monoisotopic (exact) mass is 326 g/mol. The van der Waals surface area contributed by atoms with Gasteiger partial charge in [0, 0.05) is 26.2 Å². The molecule has 2 heterocycles. The molecule has 1 aromatic carbocycles. The van der Waals surface area contributed by atoms with Crippen molar-refractivity contribution in [2.24, 2.45) is 0 Å². The van der Waals surface area contributed by atoms with Crippen LogP contribution in [0, 0.1) is 6.92 Å². The molecule has 1 saturated carbocycles. The van der Waals surface area contributed by atoms with Crippen LogP contribution in [0.15, 0.2) is 24.3 Å². The van der Waals surface area contributed by atoms with Gasteiger partial charge in [-0.25, -0.2) is 0 Å². The summed E-state index contributed by atoms with van der Waals surface area (Å²) in [6.45, 7) is 6.36. The first-order chi connectivity index (χ1) is 11.8. The van der Waals surface area contributed by atoms with Crippen molar-refractivity contribution in [1.82, 2.24) is 30.4 Å². The highest BCUT2D eigenvalue weighted by Crippen LogP contribution is 2.42. The van der Waals surface area contributed by atoms with Crippen molar-refractivity contribution in [2.75, 3.05) is 26.2 Å². The number of hydrogen-bond donors (Lipinski definition) is 1. The summed E-state index contributed by atoms with van der Waals surface area (Å²) in [7, 11) is 0. The summed E-state index contributed by atoms with van der Waals surface area (Å²) in [5, 5.41) is 16.5. The molecule has 1 N–H and O–H groups in total. The molecule has 1 aliphatic heterocycles. The zero-order chi connectivity index (χ0) is 16.4. The van der Waals surface area contributed by atoms with Crippen molar-refractivity contribution >= 4 is 0 Å². The zero-order valence-corrected chi connectivity index (χ0v) is 14.4. The lowest BCUT2D eigenvalue weighted by Crippen LogP contribution is -2.56. The average molecular weight is 326 g/mol. The van der Waals surface area contributed by atoms with Gasteiger partial charge in [0.2, 0.25) is 0 Å². The molecule has 128 valence electrons. The van der Waals surface area contributed by atoms with Crippen molar-refractivity contribution in [3.63, 3.8) is 0 Å². The van der Waals surface area contributed by atoms with Crippen LogP contribution in [0.1, 0.15) is 43.5 Å². The number of nitrogens with zero attached hydrogens (tertiary/aromatic N) is 5. The highest BCUT2D eigenvalue weighted by atomic mass is 15.6. The standard InChI is InChI=1S/C18H26N6/c1-15-7-3-4-8-16(15)24-17(20-21-22-24)18(9-5-2-6-10-18)23-13-11-19-12-14-23/h3-4,7-8,19H,2,5-6,9-14H2,1H3. The van der Waals surface area contributed by atoms with Crippen LogP contribution < -0.4 is 5.32 Å². The van der Waals surface area contributed by atoms with E-state index in [1.54, 1.807) is 0 Å². The normalized spacial score (nSPS) is 21.7. The minimum Gasteiger partial charge on any atom is -0.314 e. The first kappa shape index (κ1) is 15.7. The largest absolute Gasteiger partial charge is 0.314 e. The van der Waals surface area contributed by atoms with E-state index in [0.717, 1.165) is 50.5 Å². The summed E-state index contributed by atoms with van der Waals surface area (Å²) in [5.74, 6) is 1.03. The third-order valence-corrected chi connectivity index (χ3v) is 5.63. The van der Waals surface area contributed by atoms with Gasteiger partial charge in [0.15, 0.2) is 5.82 Å². The van der Waals surface area contributed by atoms with Crippen molar-refractivity contribution in [3.8, 4) is 5.69 Å². The molecule has 0 unspecified atom stereocenters. The molecule has 0 spiro atoms. The molecule has 1 aliphatic carbocycles. The van der Waals surface area contributed by atoms with E-state index in [1.165, 1.54) is 24.8 Å². The van der Waals surface area contributed by atoms with Crippen LogP contribution in [0.5, 0.6) is 0 Å². The average Bonchev–Trinajstić information content (AvgIpc) is 3.13. The van der Waals surface area contributed by atoms with E-state index in [0.29, 0.717) is 0 Å². The summed E-state index contributed by atoms with van der Waals surface area (Å²) in [6, 6.07) is 8.37. The van der Waals surface area contributed by atoms with Gasteiger partial charge < -0.3 is 5.32 Å². The Hall–Kier alpha value is -1.79. The second kappa shape index (κ2) is 6.61. The smallest absolute Gasteiger partial charge is 0.176 e. The minimum absolute atomic E-state index is 0.0217. The maximum Gasteiger partial charge on any atom is 0.176 e. The van der Waals surface area contributed by atoms with Gasteiger partial charge in [0.25, 0.3) is 0 Å². The number of nitrogens with one attached hydrogen (secondary N) is 1. The molecular weight excluding hydrogens is 300 g/mol. The van der Waals surface area contributed by atoms with E-state index < -0.39 is 0 Å². The minimum atomic E-state index is -0.0217. The Morgan fingerprint density at radius 2 is 1.79 bits per heavy atom. The van der Waals surface area contributed by atoms with Crippen LogP contribution in [-0.2, 0) is 5.54 Å². The van der Waals surface area contributed by atoms with E-state index in [-0.39, 0.29) is 5.54 Å². The topological polar surface area (TPSA) is 58.9 Å².